The van der Waals surface area contributed by atoms with E-state index in [1.54, 1.807) is 4.57 Å². The maximum Gasteiger partial charge on any atom is 0.262 e. The average Bonchev–Trinajstić information content (AvgIpc) is 2.66. The van der Waals surface area contributed by atoms with Crippen LogP contribution in [0.1, 0.15) is 30.1 Å². The average molecular weight is 352 g/mol. The van der Waals surface area contributed by atoms with E-state index in [0.29, 0.717) is 18.4 Å². The van der Waals surface area contributed by atoms with E-state index in [2.05, 4.69) is 4.98 Å². The Morgan fingerprint density at radius 1 is 1.08 bits per heavy atom. The Bertz CT molecular complexity index is 935. The smallest absolute Gasteiger partial charge is 0.262 e. The van der Waals surface area contributed by atoms with Gasteiger partial charge in [0, 0.05) is 24.3 Å². The molecule has 0 N–H and O–H groups in total. The van der Waals surface area contributed by atoms with Crippen LogP contribution >= 0.6 is 11.8 Å². The number of thioether (sulfide) groups is 1. The van der Waals surface area contributed by atoms with Gasteiger partial charge in [-0.1, -0.05) is 54.2 Å². The number of fused-ring (bicyclic) bond motifs is 1. The number of benzene rings is 2. The summed E-state index contributed by atoms with van der Waals surface area (Å²) in [6.07, 6.45) is 1.26. The Morgan fingerprint density at radius 3 is 2.56 bits per heavy atom. The van der Waals surface area contributed by atoms with Crippen LogP contribution in [0.15, 0.2) is 64.5 Å². The molecule has 0 unspecified atom stereocenters. The molecule has 128 valence electrons. The first kappa shape index (κ1) is 17.4. The maximum absolute atomic E-state index is 12.6. The summed E-state index contributed by atoms with van der Waals surface area (Å²) >= 11 is 1.54. The molecule has 0 aliphatic rings. The molecule has 0 spiro atoms. The van der Waals surface area contributed by atoms with Crippen LogP contribution in [-0.4, -0.2) is 21.1 Å². The fourth-order valence-corrected chi connectivity index (χ4v) is 3.70. The topological polar surface area (TPSA) is 52.0 Å². The maximum atomic E-state index is 12.6. The van der Waals surface area contributed by atoms with Gasteiger partial charge in [-0.15, -0.1) is 0 Å². The van der Waals surface area contributed by atoms with E-state index in [0.717, 1.165) is 28.4 Å². The van der Waals surface area contributed by atoms with Crippen LogP contribution in [-0.2, 0) is 6.54 Å². The standard InChI is InChI=1S/C20H20N2O2S/c1-2-22-19(24)16-11-6-7-12-17(16)21-20(22)25-14-8-13-18(23)15-9-4-3-5-10-15/h3-7,9-12H,2,8,13-14H2,1H3. The highest BCUT2D eigenvalue weighted by Crippen LogP contribution is 2.19. The first-order valence-corrected chi connectivity index (χ1v) is 9.40. The van der Waals surface area contributed by atoms with Gasteiger partial charge in [-0.25, -0.2) is 4.98 Å². The predicted molar refractivity (Wildman–Crippen MR) is 102 cm³/mol. The van der Waals surface area contributed by atoms with Crippen molar-refractivity contribution in [1.29, 1.82) is 0 Å². The normalized spacial score (nSPS) is 10.9. The van der Waals surface area contributed by atoms with Crippen molar-refractivity contribution < 1.29 is 4.79 Å². The van der Waals surface area contributed by atoms with Gasteiger partial charge in [0.25, 0.3) is 5.56 Å². The SMILES string of the molecule is CCn1c(SCCCC(=O)c2ccccc2)nc2ccccc2c1=O. The Balaban J connectivity index is 1.67. The van der Waals surface area contributed by atoms with E-state index in [-0.39, 0.29) is 11.3 Å². The van der Waals surface area contributed by atoms with Gasteiger partial charge in [0.15, 0.2) is 10.9 Å². The fourth-order valence-electron chi connectivity index (χ4n) is 2.70. The fraction of sp³-hybridized carbons (Fsp3) is 0.250. The predicted octanol–water partition coefficient (Wildman–Crippen LogP) is 4.17. The number of carbonyl (C=O) groups excluding carboxylic acids is 1. The van der Waals surface area contributed by atoms with Crippen molar-refractivity contribution in [2.24, 2.45) is 0 Å². The third kappa shape index (κ3) is 3.99. The minimum atomic E-state index is -0.00374. The van der Waals surface area contributed by atoms with Crippen molar-refractivity contribution in [2.75, 3.05) is 5.75 Å². The zero-order valence-electron chi connectivity index (χ0n) is 14.1. The Kier molecular flexibility index (Phi) is 5.66. The number of para-hydroxylation sites is 1. The third-order valence-corrected chi connectivity index (χ3v) is 5.08. The molecule has 2 aromatic carbocycles. The lowest BCUT2D eigenvalue weighted by molar-refractivity contribution is 0.0982. The van der Waals surface area contributed by atoms with E-state index < -0.39 is 0 Å². The lowest BCUT2D eigenvalue weighted by atomic mass is 10.1. The number of carbonyl (C=O) groups is 1. The molecule has 0 aliphatic carbocycles. The van der Waals surface area contributed by atoms with Gasteiger partial charge in [0.05, 0.1) is 10.9 Å². The molecule has 25 heavy (non-hydrogen) atoms. The molecule has 0 bridgehead atoms. The molecule has 5 heteroatoms. The molecule has 0 radical (unpaired) electrons. The molecule has 1 heterocycles. The first-order valence-electron chi connectivity index (χ1n) is 8.41. The minimum absolute atomic E-state index is 0.00374. The number of nitrogens with zero attached hydrogens (tertiary/aromatic N) is 2. The largest absolute Gasteiger partial charge is 0.294 e. The second kappa shape index (κ2) is 8.12. The Morgan fingerprint density at radius 2 is 1.80 bits per heavy atom. The third-order valence-electron chi connectivity index (χ3n) is 4.02. The van der Waals surface area contributed by atoms with Gasteiger partial charge in [0.1, 0.15) is 0 Å². The summed E-state index contributed by atoms with van der Waals surface area (Å²) < 4.78 is 1.70. The Labute approximate surface area is 150 Å². The molecule has 0 saturated heterocycles. The first-order chi connectivity index (χ1) is 12.2. The number of ketones is 1. The number of hydrogen-bond acceptors (Lipinski definition) is 4. The van der Waals surface area contributed by atoms with Crippen molar-refractivity contribution in [3.05, 3.63) is 70.5 Å². The van der Waals surface area contributed by atoms with Gasteiger partial charge < -0.3 is 0 Å². The summed E-state index contributed by atoms with van der Waals surface area (Å²) in [6.45, 7) is 2.53. The monoisotopic (exact) mass is 352 g/mol. The van der Waals surface area contributed by atoms with Crippen LogP contribution in [0.5, 0.6) is 0 Å². The molecule has 3 aromatic rings. The van der Waals surface area contributed by atoms with Crippen LogP contribution in [0, 0.1) is 0 Å². The molecular formula is C20H20N2O2S. The summed E-state index contributed by atoms with van der Waals surface area (Å²) in [5, 5.41) is 1.37. The van der Waals surface area contributed by atoms with Crippen molar-refractivity contribution >= 4 is 28.4 Å². The number of hydrogen-bond donors (Lipinski definition) is 0. The molecule has 0 aliphatic heterocycles. The van der Waals surface area contributed by atoms with E-state index in [1.807, 2.05) is 61.5 Å². The molecule has 0 saturated carbocycles. The molecule has 1 aromatic heterocycles. The molecular weight excluding hydrogens is 332 g/mol. The number of aromatic nitrogens is 2. The Hall–Kier alpha value is -2.40. The number of Topliss-reactive ketones (excluding diaryl/α,β-unsaturated/α-hetero) is 1. The summed E-state index contributed by atoms with van der Waals surface area (Å²) in [4.78, 5) is 29.3. The highest BCUT2D eigenvalue weighted by Gasteiger charge is 2.10. The van der Waals surface area contributed by atoms with E-state index in [1.165, 1.54) is 11.8 Å². The van der Waals surface area contributed by atoms with Crippen LogP contribution < -0.4 is 5.56 Å². The second-order valence-corrected chi connectivity index (χ2v) is 6.76. The molecule has 0 fully saturated rings. The van der Waals surface area contributed by atoms with Gasteiger partial charge >= 0.3 is 0 Å². The van der Waals surface area contributed by atoms with Crippen LogP contribution in [0.4, 0.5) is 0 Å². The molecule has 3 rings (SSSR count). The summed E-state index contributed by atoms with van der Waals surface area (Å²) in [5.74, 6) is 0.907. The van der Waals surface area contributed by atoms with Gasteiger partial charge in [-0.05, 0) is 25.5 Å². The minimum Gasteiger partial charge on any atom is -0.294 e. The second-order valence-electron chi connectivity index (χ2n) is 5.70. The molecule has 0 atom stereocenters. The highest BCUT2D eigenvalue weighted by molar-refractivity contribution is 7.99. The van der Waals surface area contributed by atoms with Crippen LogP contribution in [0.3, 0.4) is 0 Å². The zero-order valence-corrected chi connectivity index (χ0v) is 15.0. The van der Waals surface area contributed by atoms with Crippen LogP contribution in [0.25, 0.3) is 10.9 Å². The van der Waals surface area contributed by atoms with Gasteiger partial charge in [0.2, 0.25) is 0 Å². The summed E-state index contributed by atoms with van der Waals surface area (Å²) in [6, 6.07) is 16.8. The quantitative estimate of drug-likeness (QED) is 0.277. The molecule has 0 amide bonds. The lowest BCUT2D eigenvalue weighted by Crippen LogP contribution is -2.22. The van der Waals surface area contributed by atoms with Gasteiger partial charge in [-0.3, -0.25) is 14.2 Å². The van der Waals surface area contributed by atoms with Crippen molar-refractivity contribution in [1.82, 2.24) is 9.55 Å². The van der Waals surface area contributed by atoms with Crippen molar-refractivity contribution in [3.63, 3.8) is 0 Å². The highest BCUT2D eigenvalue weighted by atomic mass is 32.2. The van der Waals surface area contributed by atoms with Gasteiger partial charge in [-0.2, -0.15) is 0 Å². The number of rotatable bonds is 7. The summed E-state index contributed by atoms with van der Waals surface area (Å²) in [7, 11) is 0. The van der Waals surface area contributed by atoms with Crippen molar-refractivity contribution in [3.8, 4) is 0 Å². The zero-order chi connectivity index (χ0) is 17.6. The molecule has 4 nitrogen and oxygen atoms in total. The van der Waals surface area contributed by atoms with E-state index in [4.69, 9.17) is 0 Å². The van der Waals surface area contributed by atoms with E-state index in [9.17, 15) is 9.59 Å². The van der Waals surface area contributed by atoms with Crippen molar-refractivity contribution in [2.45, 2.75) is 31.5 Å². The lowest BCUT2D eigenvalue weighted by Gasteiger charge is -2.11. The van der Waals surface area contributed by atoms with Crippen LogP contribution in [0.2, 0.25) is 0 Å². The summed E-state index contributed by atoms with van der Waals surface area (Å²) in [5.41, 5.74) is 1.47. The van der Waals surface area contributed by atoms with E-state index >= 15 is 0 Å².